The average Bonchev–Trinajstić information content (AvgIpc) is 2.75. The number of rotatable bonds is 11. The minimum atomic E-state index is -3.19. The summed E-state index contributed by atoms with van der Waals surface area (Å²) in [5.41, 5.74) is 1.24. The lowest BCUT2D eigenvalue weighted by Crippen LogP contribution is -2.40. The molecule has 8 heteroatoms. The highest BCUT2D eigenvalue weighted by Gasteiger charge is 2.06. The maximum atomic E-state index is 11.5. The molecule has 0 saturated heterocycles. The Kier molecular flexibility index (Phi) is 9.47. The van der Waals surface area contributed by atoms with Crippen LogP contribution in [0.25, 0.3) is 0 Å². The molecule has 30 heavy (non-hydrogen) atoms. The highest BCUT2D eigenvalue weighted by atomic mass is 32.2. The summed E-state index contributed by atoms with van der Waals surface area (Å²) in [6, 6.07) is 16.8. The molecular weight excluding hydrogens is 400 g/mol. The largest absolute Gasteiger partial charge is 0.492 e. The first-order valence-electron chi connectivity index (χ1n) is 10.1. The van der Waals surface area contributed by atoms with Crippen LogP contribution in [0.1, 0.15) is 13.3 Å². The lowest BCUT2D eigenvalue weighted by molar-refractivity contribution is 0.321. The molecule has 164 valence electrons. The van der Waals surface area contributed by atoms with Crippen molar-refractivity contribution in [1.82, 2.24) is 10.6 Å². The van der Waals surface area contributed by atoms with Crippen LogP contribution < -0.4 is 20.3 Å². The first-order valence-corrected chi connectivity index (χ1v) is 12.0. The van der Waals surface area contributed by atoms with Crippen molar-refractivity contribution in [2.45, 2.75) is 18.2 Å². The minimum Gasteiger partial charge on any atom is -0.492 e. The molecule has 0 aromatic heterocycles. The van der Waals surface area contributed by atoms with E-state index in [0.717, 1.165) is 32.0 Å². The van der Waals surface area contributed by atoms with Gasteiger partial charge in [-0.3, -0.25) is 4.99 Å². The Hall–Kier alpha value is -2.74. The highest BCUT2D eigenvalue weighted by molar-refractivity contribution is 7.90. The topological polar surface area (TPSA) is 83.0 Å². The molecule has 0 aliphatic heterocycles. The highest BCUT2D eigenvalue weighted by Crippen LogP contribution is 2.15. The Balaban J connectivity index is 1.65. The fourth-order valence-corrected chi connectivity index (χ4v) is 3.56. The van der Waals surface area contributed by atoms with Crippen LogP contribution in [-0.4, -0.2) is 60.5 Å². The van der Waals surface area contributed by atoms with Crippen molar-refractivity contribution >= 4 is 21.5 Å². The SMILES string of the molecule is CCN(CCCNC(=NC)NCCOc1ccc(S(C)(=O)=O)cc1)c1ccccc1. The van der Waals surface area contributed by atoms with Gasteiger partial charge in [0.1, 0.15) is 12.4 Å². The van der Waals surface area contributed by atoms with Crippen molar-refractivity contribution in [3.63, 3.8) is 0 Å². The second-order valence-electron chi connectivity index (χ2n) is 6.79. The smallest absolute Gasteiger partial charge is 0.191 e. The van der Waals surface area contributed by atoms with Gasteiger partial charge in [0.05, 0.1) is 11.4 Å². The van der Waals surface area contributed by atoms with E-state index in [0.29, 0.717) is 18.9 Å². The molecule has 2 aromatic rings. The monoisotopic (exact) mass is 432 g/mol. The molecule has 0 saturated carbocycles. The summed E-state index contributed by atoms with van der Waals surface area (Å²) in [6.07, 6.45) is 2.18. The summed E-state index contributed by atoms with van der Waals surface area (Å²) in [5, 5.41) is 6.53. The summed E-state index contributed by atoms with van der Waals surface area (Å²) in [5.74, 6) is 1.36. The zero-order valence-corrected chi connectivity index (χ0v) is 18.8. The van der Waals surface area contributed by atoms with Gasteiger partial charge < -0.3 is 20.3 Å². The first kappa shape index (κ1) is 23.5. The van der Waals surface area contributed by atoms with Crippen molar-refractivity contribution in [2.75, 3.05) is 51.0 Å². The van der Waals surface area contributed by atoms with Crippen LogP contribution >= 0.6 is 0 Å². The second-order valence-corrected chi connectivity index (χ2v) is 8.80. The average molecular weight is 433 g/mol. The molecule has 0 unspecified atom stereocenters. The Morgan fingerprint density at radius 3 is 2.30 bits per heavy atom. The van der Waals surface area contributed by atoms with E-state index in [4.69, 9.17) is 4.74 Å². The lowest BCUT2D eigenvalue weighted by Gasteiger charge is -2.23. The Bertz CT molecular complexity index is 884. The molecule has 0 bridgehead atoms. The number of nitrogens with zero attached hydrogens (tertiary/aromatic N) is 2. The normalized spacial score (nSPS) is 11.8. The fourth-order valence-electron chi connectivity index (χ4n) is 2.93. The molecule has 0 atom stereocenters. The standard InChI is InChI=1S/C22H32N4O3S/c1-4-26(19-9-6-5-7-10-19)17-8-15-24-22(23-2)25-16-18-29-20-11-13-21(14-12-20)30(3,27)28/h5-7,9-14H,4,8,15-18H2,1-3H3,(H2,23,24,25). The molecule has 2 aromatic carbocycles. The number of anilines is 1. The molecule has 0 spiro atoms. The van der Waals surface area contributed by atoms with Gasteiger partial charge in [0.25, 0.3) is 0 Å². The number of ether oxygens (including phenoxy) is 1. The third-order valence-electron chi connectivity index (χ3n) is 4.54. The maximum Gasteiger partial charge on any atom is 0.191 e. The van der Waals surface area contributed by atoms with E-state index >= 15 is 0 Å². The number of hydrogen-bond donors (Lipinski definition) is 2. The Morgan fingerprint density at radius 2 is 1.70 bits per heavy atom. The van der Waals surface area contributed by atoms with Crippen LogP contribution in [0.5, 0.6) is 5.75 Å². The van der Waals surface area contributed by atoms with Crippen LogP contribution in [-0.2, 0) is 9.84 Å². The zero-order chi connectivity index (χ0) is 21.8. The van der Waals surface area contributed by atoms with Crippen LogP contribution in [0.4, 0.5) is 5.69 Å². The number of aliphatic imine (C=N–C) groups is 1. The van der Waals surface area contributed by atoms with Gasteiger partial charge in [-0.05, 0) is 49.7 Å². The number of para-hydroxylation sites is 1. The van der Waals surface area contributed by atoms with Gasteiger partial charge in [0, 0.05) is 38.6 Å². The van der Waals surface area contributed by atoms with Gasteiger partial charge in [-0.15, -0.1) is 0 Å². The van der Waals surface area contributed by atoms with Gasteiger partial charge in [0.15, 0.2) is 15.8 Å². The number of hydrogen-bond acceptors (Lipinski definition) is 5. The van der Waals surface area contributed by atoms with Crippen molar-refractivity contribution in [1.29, 1.82) is 0 Å². The molecular formula is C22H32N4O3S. The van der Waals surface area contributed by atoms with Gasteiger partial charge in [-0.25, -0.2) is 8.42 Å². The third-order valence-corrected chi connectivity index (χ3v) is 5.67. The summed E-state index contributed by atoms with van der Waals surface area (Å²) in [7, 11) is -1.45. The quantitative estimate of drug-likeness (QED) is 0.323. The summed E-state index contributed by atoms with van der Waals surface area (Å²) < 4.78 is 28.6. The molecule has 0 radical (unpaired) electrons. The van der Waals surface area contributed by atoms with Crippen molar-refractivity contribution in [3.05, 3.63) is 54.6 Å². The Morgan fingerprint density at radius 1 is 1.03 bits per heavy atom. The van der Waals surface area contributed by atoms with Crippen molar-refractivity contribution in [2.24, 2.45) is 4.99 Å². The van der Waals surface area contributed by atoms with Gasteiger partial charge >= 0.3 is 0 Å². The number of guanidine groups is 1. The van der Waals surface area contributed by atoms with Crippen molar-refractivity contribution in [3.8, 4) is 5.75 Å². The van der Waals surface area contributed by atoms with E-state index in [9.17, 15) is 8.42 Å². The lowest BCUT2D eigenvalue weighted by atomic mass is 10.2. The van der Waals surface area contributed by atoms with Crippen LogP contribution in [0.2, 0.25) is 0 Å². The third kappa shape index (κ3) is 7.94. The van der Waals surface area contributed by atoms with Crippen LogP contribution in [0.3, 0.4) is 0 Å². The maximum absolute atomic E-state index is 11.5. The van der Waals surface area contributed by atoms with Gasteiger partial charge in [-0.1, -0.05) is 18.2 Å². The van der Waals surface area contributed by atoms with E-state index in [-0.39, 0.29) is 4.90 Å². The molecule has 2 rings (SSSR count). The fraction of sp³-hybridized carbons (Fsp3) is 0.409. The Labute approximate surface area is 180 Å². The number of sulfone groups is 1. The van der Waals surface area contributed by atoms with Crippen LogP contribution in [0.15, 0.2) is 64.5 Å². The minimum absolute atomic E-state index is 0.284. The van der Waals surface area contributed by atoms with Gasteiger partial charge in [-0.2, -0.15) is 0 Å². The van der Waals surface area contributed by atoms with E-state index in [1.165, 1.54) is 11.9 Å². The number of nitrogens with one attached hydrogen (secondary N) is 2. The molecule has 2 N–H and O–H groups in total. The predicted octanol–water partition coefficient (Wildman–Crippen LogP) is 2.55. The first-order chi connectivity index (χ1) is 14.4. The molecule has 7 nitrogen and oxygen atoms in total. The predicted molar refractivity (Wildman–Crippen MR) is 123 cm³/mol. The van der Waals surface area contributed by atoms with E-state index in [1.807, 2.05) is 6.07 Å². The summed E-state index contributed by atoms with van der Waals surface area (Å²) in [6.45, 7) is 5.94. The molecule has 0 aliphatic carbocycles. The molecule has 0 aliphatic rings. The second kappa shape index (κ2) is 12.1. The molecule has 0 fully saturated rings. The summed E-state index contributed by atoms with van der Waals surface area (Å²) >= 11 is 0. The molecule has 0 heterocycles. The van der Waals surface area contributed by atoms with Crippen molar-refractivity contribution < 1.29 is 13.2 Å². The van der Waals surface area contributed by atoms with E-state index in [1.54, 1.807) is 31.3 Å². The van der Waals surface area contributed by atoms with Gasteiger partial charge in [0.2, 0.25) is 0 Å². The summed E-state index contributed by atoms with van der Waals surface area (Å²) in [4.78, 5) is 6.86. The molecule has 0 amide bonds. The van der Waals surface area contributed by atoms with E-state index in [2.05, 4.69) is 51.7 Å². The van der Waals surface area contributed by atoms with E-state index < -0.39 is 9.84 Å². The van der Waals surface area contributed by atoms with Crippen LogP contribution in [0, 0.1) is 0 Å². The number of benzene rings is 2. The zero-order valence-electron chi connectivity index (χ0n) is 18.0.